The fraction of sp³-hybridized carbons (Fsp3) is 0.800. The van der Waals surface area contributed by atoms with Crippen molar-refractivity contribution >= 4 is 11.8 Å². The molecule has 0 fully saturated rings. The Hall–Kier alpha value is -1.30. The first-order chi connectivity index (χ1) is 7.55. The van der Waals surface area contributed by atoms with E-state index in [0.29, 0.717) is 6.42 Å². The van der Waals surface area contributed by atoms with Gasteiger partial charge in [-0.25, -0.2) is 4.79 Å². The van der Waals surface area contributed by atoms with Crippen LogP contribution >= 0.6 is 0 Å². The van der Waals surface area contributed by atoms with Crippen LogP contribution in [0.4, 0.5) is 0 Å². The number of carboxylic acids is 1. The molecule has 0 aliphatic heterocycles. The molecule has 0 spiro atoms. The van der Waals surface area contributed by atoms with E-state index in [2.05, 4.69) is 5.18 Å². The number of carboxylic acid groups (broad SMARTS) is 1. The third-order valence-corrected chi connectivity index (χ3v) is 2.45. The molecule has 6 nitrogen and oxygen atoms in total. The Bertz CT molecular complexity index is 266. The number of nitroso groups, excluding NO2 is 1. The van der Waals surface area contributed by atoms with Crippen LogP contribution in [0.5, 0.6) is 0 Å². The molecule has 0 radical (unpaired) electrons. The quantitative estimate of drug-likeness (QED) is 0.351. The van der Waals surface area contributed by atoms with Crippen molar-refractivity contribution in [2.45, 2.75) is 44.6 Å². The maximum Gasteiger partial charge on any atom is 0.343 e. The first-order valence-electron chi connectivity index (χ1n) is 5.27. The van der Waals surface area contributed by atoms with E-state index in [4.69, 9.17) is 10.2 Å². The molecule has 0 aliphatic carbocycles. The van der Waals surface area contributed by atoms with Crippen LogP contribution in [0.25, 0.3) is 0 Å². The summed E-state index contributed by atoms with van der Waals surface area (Å²) in [5.41, 5.74) is -2.30. The summed E-state index contributed by atoms with van der Waals surface area (Å²) in [7, 11) is 0. The van der Waals surface area contributed by atoms with Gasteiger partial charge in [0.25, 0.3) is 5.54 Å². The van der Waals surface area contributed by atoms with Crippen molar-refractivity contribution in [1.82, 2.24) is 0 Å². The number of aliphatic hydroxyl groups is 1. The summed E-state index contributed by atoms with van der Waals surface area (Å²) in [6.07, 6.45) is 1.76. The second-order valence-corrected chi connectivity index (χ2v) is 3.61. The van der Waals surface area contributed by atoms with Gasteiger partial charge in [-0.05, 0) is 11.6 Å². The molecule has 1 atom stereocenters. The first kappa shape index (κ1) is 14.7. The van der Waals surface area contributed by atoms with Crippen molar-refractivity contribution in [3.05, 3.63) is 4.91 Å². The summed E-state index contributed by atoms with van der Waals surface area (Å²) in [5.74, 6) is -2.31. The molecular weight excluding hydrogens is 214 g/mol. The van der Waals surface area contributed by atoms with Crippen LogP contribution in [0, 0.1) is 4.91 Å². The Kier molecular flexibility index (Phi) is 6.48. The van der Waals surface area contributed by atoms with Crippen LogP contribution in [-0.2, 0) is 9.59 Å². The number of unbranched alkanes of at least 4 members (excludes halogenated alkanes) is 2. The van der Waals surface area contributed by atoms with Gasteiger partial charge in [0, 0.05) is 19.4 Å². The topological polar surface area (TPSA) is 104 Å². The Morgan fingerprint density at radius 3 is 2.31 bits per heavy atom. The Balaban J connectivity index is 4.67. The van der Waals surface area contributed by atoms with Crippen LogP contribution in [-0.4, -0.2) is 34.1 Å². The van der Waals surface area contributed by atoms with Crippen LogP contribution in [0.1, 0.15) is 39.0 Å². The lowest BCUT2D eigenvalue weighted by atomic mass is 9.88. The minimum absolute atomic E-state index is 0.00583. The van der Waals surface area contributed by atoms with E-state index in [9.17, 15) is 14.5 Å². The van der Waals surface area contributed by atoms with Gasteiger partial charge in [0.1, 0.15) is 0 Å². The van der Waals surface area contributed by atoms with Crippen molar-refractivity contribution in [2.24, 2.45) is 5.18 Å². The fourth-order valence-corrected chi connectivity index (χ4v) is 1.41. The van der Waals surface area contributed by atoms with Gasteiger partial charge in [0.2, 0.25) is 0 Å². The van der Waals surface area contributed by atoms with Crippen molar-refractivity contribution in [1.29, 1.82) is 0 Å². The summed E-state index contributed by atoms with van der Waals surface area (Å²) in [4.78, 5) is 33.1. The second-order valence-electron chi connectivity index (χ2n) is 3.61. The van der Waals surface area contributed by atoms with Crippen LogP contribution in [0.15, 0.2) is 5.18 Å². The molecule has 0 saturated carbocycles. The van der Waals surface area contributed by atoms with E-state index in [-0.39, 0.29) is 6.42 Å². The van der Waals surface area contributed by atoms with E-state index >= 15 is 0 Å². The smallest absolute Gasteiger partial charge is 0.343 e. The normalized spacial score (nSPS) is 14.1. The predicted octanol–water partition coefficient (Wildman–Crippen LogP) is 1.11. The van der Waals surface area contributed by atoms with E-state index < -0.39 is 30.3 Å². The highest BCUT2D eigenvalue weighted by atomic mass is 16.4. The third-order valence-electron chi connectivity index (χ3n) is 2.45. The molecule has 0 heterocycles. The number of hydrogen-bond donors (Lipinski definition) is 2. The molecule has 0 bridgehead atoms. The molecule has 0 amide bonds. The van der Waals surface area contributed by atoms with Gasteiger partial charge in [0.15, 0.2) is 5.78 Å². The number of carbonyl (C=O) groups is 2. The molecule has 92 valence electrons. The molecule has 0 rings (SSSR count). The minimum atomic E-state index is -2.30. The van der Waals surface area contributed by atoms with E-state index in [0.717, 1.165) is 12.8 Å². The maximum atomic E-state index is 11.6. The van der Waals surface area contributed by atoms with E-state index in [1.807, 2.05) is 6.92 Å². The van der Waals surface area contributed by atoms with Crippen molar-refractivity contribution < 1.29 is 19.8 Å². The van der Waals surface area contributed by atoms with E-state index in [1.54, 1.807) is 0 Å². The monoisotopic (exact) mass is 231 g/mol. The van der Waals surface area contributed by atoms with Gasteiger partial charge in [-0.1, -0.05) is 19.8 Å². The molecule has 0 aromatic carbocycles. The van der Waals surface area contributed by atoms with Crippen molar-refractivity contribution in [3.8, 4) is 0 Å². The maximum absolute atomic E-state index is 11.6. The van der Waals surface area contributed by atoms with Crippen molar-refractivity contribution in [2.75, 3.05) is 6.61 Å². The number of ketones is 1. The van der Waals surface area contributed by atoms with Crippen LogP contribution in [0.3, 0.4) is 0 Å². The number of rotatable bonds is 9. The largest absolute Gasteiger partial charge is 0.479 e. The molecule has 6 heteroatoms. The Morgan fingerprint density at radius 1 is 1.31 bits per heavy atom. The van der Waals surface area contributed by atoms with Gasteiger partial charge >= 0.3 is 5.97 Å². The highest BCUT2D eigenvalue weighted by Crippen LogP contribution is 2.21. The zero-order valence-electron chi connectivity index (χ0n) is 9.31. The lowest BCUT2D eigenvalue weighted by Crippen LogP contribution is -2.45. The summed E-state index contributed by atoms with van der Waals surface area (Å²) < 4.78 is 0. The average molecular weight is 231 g/mol. The number of Topliss-reactive ketones (excluding diaryl/α,β-unsaturated/α-hetero) is 1. The molecule has 16 heavy (non-hydrogen) atoms. The van der Waals surface area contributed by atoms with Crippen molar-refractivity contribution in [3.63, 3.8) is 0 Å². The Morgan fingerprint density at radius 2 is 1.94 bits per heavy atom. The van der Waals surface area contributed by atoms with Gasteiger partial charge in [-0.3, -0.25) is 4.79 Å². The van der Waals surface area contributed by atoms with Gasteiger partial charge < -0.3 is 10.2 Å². The summed E-state index contributed by atoms with van der Waals surface area (Å²) in [5, 5.41) is 20.0. The predicted molar refractivity (Wildman–Crippen MR) is 57.0 cm³/mol. The zero-order valence-corrected chi connectivity index (χ0v) is 9.31. The first-order valence-corrected chi connectivity index (χ1v) is 5.27. The third kappa shape index (κ3) is 3.37. The number of carbonyl (C=O) groups excluding carboxylic acids is 1. The lowest BCUT2D eigenvalue weighted by molar-refractivity contribution is -0.149. The molecule has 0 unspecified atom stereocenters. The summed E-state index contributed by atoms with van der Waals surface area (Å²) in [6.45, 7) is 1.39. The number of aliphatic carboxylic acids is 1. The molecule has 0 aromatic rings. The SMILES string of the molecule is CCCCCC(=O)[C@@](CCO)(N=O)C(=O)O. The van der Waals surface area contributed by atoms with Crippen LogP contribution in [0.2, 0.25) is 0 Å². The number of nitrogens with zero attached hydrogens (tertiary/aromatic N) is 1. The van der Waals surface area contributed by atoms with E-state index in [1.165, 1.54) is 0 Å². The number of aliphatic hydroxyl groups excluding tert-OH is 1. The highest BCUT2D eigenvalue weighted by molar-refractivity contribution is 6.07. The summed E-state index contributed by atoms with van der Waals surface area (Å²) in [6, 6.07) is 0. The Labute approximate surface area is 93.6 Å². The molecule has 2 N–H and O–H groups in total. The molecule has 0 aromatic heterocycles. The summed E-state index contributed by atoms with van der Waals surface area (Å²) >= 11 is 0. The zero-order chi connectivity index (χ0) is 12.6. The van der Waals surface area contributed by atoms with Gasteiger partial charge in [-0.2, -0.15) is 0 Å². The molecule has 0 saturated heterocycles. The molecule has 0 aliphatic rings. The van der Waals surface area contributed by atoms with Gasteiger partial charge in [-0.15, -0.1) is 4.91 Å². The average Bonchev–Trinajstić information content (AvgIpc) is 2.25. The van der Waals surface area contributed by atoms with Crippen LogP contribution < -0.4 is 0 Å². The minimum Gasteiger partial charge on any atom is -0.479 e. The van der Waals surface area contributed by atoms with Gasteiger partial charge in [0.05, 0.1) is 0 Å². The lowest BCUT2D eigenvalue weighted by Gasteiger charge is -2.18. The standard InChI is InChI=1S/C10H17NO5/c1-2-3-4-5-8(13)10(11-16,6-7-12)9(14)15/h12H,2-7H2,1H3,(H,14,15)/t10-/m1/s1. The highest BCUT2D eigenvalue weighted by Gasteiger charge is 2.46. The fourth-order valence-electron chi connectivity index (χ4n) is 1.41. The second kappa shape index (κ2) is 7.05. The molecular formula is C10H17NO5. The number of hydrogen-bond acceptors (Lipinski definition) is 5.